The van der Waals surface area contributed by atoms with Gasteiger partial charge in [-0.2, -0.15) is 0 Å². The number of aliphatic hydroxyl groups excluding tert-OH is 1. The lowest BCUT2D eigenvalue weighted by Gasteiger charge is -2.15. The third-order valence-corrected chi connectivity index (χ3v) is 12.0. The van der Waals surface area contributed by atoms with Crippen molar-refractivity contribution in [2.45, 2.75) is 22.3 Å². The van der Waals surface area contributed by atoms with Gasteiger partial charge in [0.1, 0.15) is 10.8 Å². The van der Waals surface area contributed by atoms with Gasteiger partial charge in [0.15, 0.2) is 24.9 Å². The summed E-state index contributed by atoms with van der Waals surface area (Å²) in [7, 11) is -11.7. The Morgan fingerprint density at radius 1 is 0.930 bits per heavy atom. The summed E-state index contributed by atoms with van der Waals surface area (Å²) in [5.74, 6) is -2.93. The normalized spacial score (nSPS) is 13.2. The van der Waals surface area contributed by atoms with Crippen LogP contribution in [-0.4, -0.2) is 65.9 Å². The Labute approximate surface area is 252 Å². The van der Waals surface area contributed by atoms with E-state index in [9.17, 15) is 34.4 Å². The van der Waals surface area contributed by atoms with Crippen LogP contribution in [0.1, 0.15) is 22.2 Å². The second-order valence-corrected chi connectivity index (χ2v) is 16.6. The molecule has 1 unspecified atom stereocenters. The summed E-state index contributed by atoms with van der Waals surface area (Å²) in [4.78, 5) is 17.7. The number of carbonyl (C=O) groups excluding carboxylic acids is 1. The van der Waals surface area contributed by atoms with E-state index in [0.717, 1.165) is 23.5 Å². The fraction of sp³-hybridized carbons (Fsp3) is 0.259. The number of thiazole rings is 1. The molecule has 1 aromatic heterocycles. The van der Waals surface area contributed by atoms with Gasteiger partial charge in [-0.3, -0.25) is 4.79 Å². The molecule has 0 saturated carbocycles. The van der Waals surface area contributed by atoms with E-state index in [1.54, 1.807) is 30.3 Å². The number of sulfonamides is 1. The van der Waals surface area contributed by atoms with Crippen molar-refractivity contribution in [1.82, 2.24) is 10.3 Å². The van der Waals surface area contributed by atoms with Crippen LogP contribution in [0, 0.1) is 5.82 Å². The topological polar surface area (TPSA) is 191 Å². The Balaban J connectivity index is 1.67. The predicted octanol–water partition coefficient (Wildman–Crippen LogP) is 2.32. The highest BCUT2D eigenvalue weighted by molar-refractivity contribution is 7.92. The maximum absolute atomic E-state index is 13.5. The van der Waals surface area contributed by atoms with Crippen molar-refractivity contribution >= 4 is 57.2 Å². The monoisotopic (exact) mass is 669 g/mol. The zero-order valence-corrected chi connectivity index (χ0v) is 25.8. The average Bonchev–Trinajstić information content (AvgIpc) is 3.34. The number of sulfone groups is 2. The fourth-order valence-corrected chi connectivity index (χ4v) is 9.04. The Morgan fingerprint density at radius 2 is 1.58 bits per heavy atom. The molecule has 4 aromatic rings. The molecule has 43 heavy (non-hydrogen) atoms. The standard InChI is InChI=1S/C27H28FN3O8S4/c28-21-7-2-18(3-8-21)17-42(36,37)25(26(33)30-12-15-43(29,38)39)27-31-23-11-6-20(16-24(23)40-27)19-4-9-22(10-5-19)41(34,35)14-1-13-32/h2-11,16,25,32H,1,12-15,17H2,(H,30,33)(H2,29,38,39). The maximum Gasteiger partial charge on any atom is 0.245 e. The summed E-state index contributed by atoms with van der Waals surface area (Å²) in [5.41, 5.74) is 2.02. The number of nitrogens with two attached hydrogens (primary N) is 1. The number of halogens is 1. The number of aliphatic hydroxyl groups is 1. The zero-order valence-electron chi connectivity index (χ0n) is 22.5. The number of amides is 1. The predicted molar refractivity (Wildman–Crippen MR) is 162 cm³/mol. The van der Waals surface area contributed by atoms with E-state index in [-0.39, 0.29) is 34.2 Å². The first-order valence-corrected chi connectivity index (χ1v) is 18.7. The highest BCUT2D eigenvalue weighted by atomic mass is 32.2. The van der Waals surface area contributed by atoms with E-state index in [1.165, 1.54) is 24.3 Å². The van der Waals surface area contributed by atoms with Crippen molar-refractivity contribution in [3.05, 3.63) is 83.1 Å². The van der Waals surface area contributed by atoms with Gasteiger partial charge in [0.05, 0.1) is 32.4 Å². The van der Waals surface area contributed by atoms with Crippen LogP contribution in [0.3, 0.4) is 0 Å². The molecule has 1 amide bonds. The first kappa shape index (κ1) is 32.6. The number of hydrogen-bond acceptors (Lipinski definition) is 10. The molecule has 0 bridgehead atoms. The highest BCUT2D eigenvalue weighted by Crippen LogP contribution is 2.35. The van der Waals surface area contributed by atoms with Crippen molar-refractivity contribution < 1.29 is 39.5 Å². The zero-order chi connectivity index (χ0) is 31.4. The summed E-state index contributed by atoms with van der Waals surface area (Å²) in [6.45, 7) is -0.652. The van der Waals surface area contributed by atoms with E-state index in [2.05, 4.69) is 10.3 Å². The lowest BCUT2D eigenvalue weighted by molar-refractivity contribution is -0.120. The molecule has 0 saturated heterocycles. The molecule has 11 nitrogen and oxygen atoms in total. The maximum atomic E-state index is 13.5. The largest absolute Gasteiger partial charge is 0.396 e. The Kier molecular flexibility index (Phi) is 9.98. The molecule has 0 aliphatic carbocycles. The second kappa shape index (κ2) is 13.2. The number of benzene rings is 3. The van der Waals surface area contributed by atoms with Gasteiger partial charge in [0, 0.05) is 13.2 Å². The first-order chi connectivity index (χ1) is 20.2. The SMILES string of the molecule is NS(=O)(=O)CCNC(=O)C(c1nc2ccc(-c3ccc(S(=O)(=O)CCCO)cc3)cc2s1)S(=O)(=O)Cc1ccc(F)cc1. The Hall–Kier alpha value is -3.28. The van der Waals surface area contributed by atoms with Gasteiger partial charge >= 0.3 is 0 Å². The van der Waals surface area contributed by atoms with E-state index in [4.69, 9.17) is 10.2 Å². The summed E-state index contributed by atoms with van der Waals surface area (Å²) in [6.07, 6.45) is 0.124. The van der Waals surface area contributed by atoms with Gasteiger partial charge in [0.2, 0.25) is 15.9 Å². The van der Waals surface area contributed by atoms with Crippen molar-refractivity contribution in [2.75, 3.05) is 24.7 Å². The third kappa shape index (κ3) is 8.43. The van der Waals surface area contributed by atoms with Gasteiger partial charge in [-0.25, -0.2) is 39.8 Å². The van der Waals surface area contributed by atoms with Gasteiger partial charge in [-0.1, -0.05) is 30.3 Å². The number of primary sulfonamides is 1. The van der Waals surface area contributed by atoms with Gasteiger partial charge in [-0.05, 0) is 59.5 Å². The number of nitrogens with zero attached hydrogens (tertiary/aromatic N) is 1. The van der Waals surface area contributed by atoms with Gasteiger partial charge in [0.25, 0.3) is 0 Å². The number of rotatable bonds is 13. The number of hydrogen-bond donors (Lipinski definition) is 3. The lowest BCUT2D eigenvalue weighted by Crippen LogP contribution is -2.37. The molecule has 0 aliphatic rings. The summed E-state index contributed by atoms with van der Waals surface area (Å²) in [5, 5.41) is 14.4. The minimum Gasteiger partial charge on any atom is -0.396 e. The molecule has 1 atom stereocenters. The second-order valence-electron chi connectivity index (χ2n) is 9.63. The van der Waals surface area contributed by atoms with Crippen LogP contribution >= 0.6 is 11.3 Å². The van der Waals surface area contributed by atoms with E-state index in [0.29, 0.717) is 21.3 Å². The molecular weight excluding hydrogens is 642 g/mol. The van der Waals surface area contributed by atoms with Crippen molar-refractivity contribution in [1.29, 1.82) is 0 Å². The lowest BCUT2D eigenvalue weighted by atomic mass is 10.1. The van der Waals surface area contributed by atoms with Gasteiger partial charge < -0.3 is 10.4 Å². The summed E-state index contributed by atoms with van der Waals surface area (Å²) in [6, 6.07) is 16.1. The highest BCUT2D eigenvalue weighted by Gasteiger charge is 2.37. The molecule has 3 aromatic carbocycles. The quantitative estimate of drug-likeness (QED) is 0.192. The minimum absolute atomic E-state index is 0.0484. The van der Waals surface area contributed by atoms with Crippen LogP contribution in [0.25, 0.3) is 21.3 Å². The van der Waals surface area contributed by atoms with Crippen molar-refractivity contribution in [3.8, 4) is 11.1 Å². The van der Waals surface area contributed by atoms with Crippen LogP contribution in [0.5, 0.6) is 0 Å². The molecule has 0 radical (unpaired) electrons. The van der Waals surface area contributed by atoms with E-state index < -0.39 is 64.7 Å². The Morgan fingerprint density at radius 3 is 2.21 bits per heavy atom. The van der Waals surface area contributed by atoms with Crippen molar-refractivity contribution in [2.24, 2.45) is 5.14 Å². The van der Waals surface area contributed by atoms with Crippen LogP contribution in [-0.2, 0) is 40.2 Å². The molecule has 4 N–H and O–H groups in total. The molecule has 1 heterocycles. The van der Waals surface area contributed by atoms with E-state index in [1.807, 2.05) is 0 Å². The molecule has 0 aliphatic heterocycles. The first-order valence-electron chi connectivity index (χ1n) is 12.8. The fourth-order valence-electron chi connectivity index (χ4n) is 4.20. The number of carbonyl (C=O) groups is 1. The molecule has 16 heteroatoms. The smallest absolute Gasteiger partial charge is 0.245 e. The molecule has 0 fully saturated rings. The third-order valence-electron chi connectivity index (χ3n) is 6.31. The van der Waals surface area contributed by atoms with Crippen LogP contribution in [0.2, 0.25) is 0 Å². The van der Waals surface area contributed by atoms with Crippen LogP contribution < -0.4 is 10.5 Å². The Bertz CT molecular complexity index is 1940. The molecule has 4 rings (SSSR count). The molecule has 0 spiro atoms. The minimum atomic E-state index is -4.28. The summed E-state index contributed by atoms with van der Waals surface area (Å²) >= 11 is 0.964. The molecule has 230 valence electrons. The van der Waals surface area contributed by atoms with Gasteiger partial charge in [-0.15, -0.1) is 11.3 Å². The summed E-state index contributed by atoms with van der Waals surface area (Å²) < 4.78 is 88.5. The molecular formula is C27H28FN3O8S4. The van der Waals surface area contributed by atoms with Crippen LogP contribution in [0.15, 0.2) is 71.6 Å². The number of nitrogens with one attached hydrogen (secondary N) is 1. The van der Waals surface area contributed by atoms with Crippen molar-refractivity contribution in [3.63, 3.8) is 0 Å². The number of aromatic nitrogens is 1. The van der Waals surface area contributed by atoms with E-state index >= 15 is 0 Å². The van der Waals surface area contributed by atoms with Crippen LogP contribution in [0.4, 0.5) is 4.39 Å². The average molecular weight is 670 g/mol. The number of fused-ring (bicyclic) bond motifs is 1.